The van der Waals surface area contributed by atoms with Gasteiger partial charge in [0.15, 0.2) is 0 Å². The van der Waals surface area contributed by atoms with E-state index in [-0.39, 0.29) is 23.7 Å². The lowest BCUT2D eigenvalue weighted by atomic mass is 9.79. The van der Waals surface area contributed by atoms with Crippen LogP contribution in [0.25, 0.3) is 0 Å². The zero-order valence-corrected chi connectivity index (χ0v) is 17.0. The molecule has 1 aliphatic heterocycles. The highest BCUT2D eigenvalue weighted by molar-refractivity contribution is 7.89. The smallest absolute Gasteiger partial charge is 0.270 e. The quantitative estimate of drug-likeness (QED) is 0.807. The minimum atomic E-state index is -3.75. The number of pyridine rings is 1. The molecule has 3 rings (SSSR count). The van der Waals surface area contributed by atoms with Crippen LogP contribution in [0.3, 0.4) is 0 Å². The lowest BCUT2D eigenvalue weighted by Gasteiger charge is -2.45. The number of carbonyl (C=O) groups is 1. The number of nitrogens with one attached hydrogen (secondary N) is 1. The van der Waals surface area contributed by atoms with Crippen molar-refractivity contribution in [1.82, 2.24) is 14.6 Å². The van der Waals surface area contributed by atoms with Gasteiger partial charge >= 0.3 is 0 Å². The van der Waals surface area contributed by atoms with Crippen LogP contribution < -0.4 is 5.32 Å². The van der Waals surface area contributed by atoms with Crippen molar-refractivity contribution in [3.8, 4) is 0 Å². The molecule has 150 valence electrons. The highest BCUT2D eigenvalue weighted by Gasteiger charge is 2.45. The average Bonchev–Trinajstić information content (AvgIpc) is 2.66. The minimum absolute atomic E-state index is 0.0145. The van der Waals surface area contributed by atoms with Crippen molar-refractivity contribution in [3.63, 3.8) is 0 Å². The summed E-state index contributed by atoms with van der Waals surface area (Å²) in [6.45, 7) is 5.60. The molecule has 0 bridgehead atoms. The number of aromatic nitrogens is 1. The van der Waals surface area contributed by atoms with Crippen LogP contribution in [0.5, 0.6) is 0 Å². The molecule has 0 saturated carbocycles. The summed E-state index contributed by atoms with van der Waals surface area (Å²) >= 11 is 0. The van der Waals surface area contributed by atoms with Gasteiger partial charge in [0.05, 0.1) is 17.0 Å². The topological polar surface area (TPSA) is 99.6 Å². The Morgan fingerprint density at radius 2 is 1.89 bits per heavy atom. The Morgan fingerprint density at radius 1 is 1.21 bits per heavy atom. The molecule has 1 aromatic carbocycles. The summed E-state index contributed by atoms with van der Waals surface area (Å²) in [5, 5.41) is 13.5. The van der Waals surface area contributed by atoms with E-state index in [1.807, 2.05) is 6.92 Å². The van der Waals surface area contributed by atoms with E-state index in [9.17, 15) is 18.3 Å². The van der Waals surface area contributed by atoms with Crippen molar-refractivity contribution < 1.29 is 18.3 Å². The highest BCUT2D eigenvalue weighted by Crippen LogP contribution is 2.32. The first-order valence-corrected chi connectivity index (χ1v) is 10.5. The molecule has 2 N–H and O–H groups in total. The number of aliphatic hydroxyl groups excluding tert-OH is 1. The van der Waals surface area contributed by atoms with Crippen molar-refractivity contribution in [1.29, 1.82) is 0 Å². The molecule has 0 unspecified atom stereocenters. The normalized spacial score (nSPS) is 22.6. The van der Waals surface area contributed by atoms with Gasteiger partial charge in [-0.3, -0.25) is 9.78 Å². The second-order valence-electron chi connectivity index (χ2n) is 7.84. The molecule has 2 atom stereocenters. The van der Waals surface area contributed by atoms with Gasteiger partial charge in [0.25, 0.3) is 5.91 Å². The Bertz CT molecular complexity index is 943. The van der Waals surface area contributed by atoms with Crippen molar-refractivity contribution in [2.24, 2.45) is 5.41 Å². The number of nitrogens with zero attached hydrogens (tertiary/aromatic N) is 2. The van der Waals surface area contributed by atoms with Crippen molar-refractivity contribution in [2.75, 3.05) is 13.1 Å². The molecule has 7 nitrogen and oxygen atoms in total. The molecule has 28 heavy (non-hydrogen) atoms. The molecule has 2 aromatic rings. The molecule has 2 heterocycles. The van der Waals surface area contributed by atoms with Crippen LogP contribution in [0.2, 0.25) is 0 Å². The predicted molar refractivity (Wildman–Crippen MR) is 105 cm³/mol. The van der Waals surface area contributed by atoms with Crippen LogP contribution in [0.1, 0.15) is 29.9 Å². The molecule has 1 fully saturated rings. The standard InChI is InChI=1S/C20H25N3O4S/c1-14-7-9-15(10-8-14)28(26,27)23-12-17(18(24)20(2,3)13-23)22-19(25)16-6-4-5-11-21-16/h4-11,17-18,24H,12-13H2,1-3H3,(H,22,25)/t17-,18-/m1/s1. The van der Waals surface area contributed by atoms with Crippen LogP contribution in [0, 0.1) is 12.3 Å². The van der Waals surface area contributed by atoms with Crippen LogP contribution >= 0.6 is 0 Å². The molecule has 0 spiro atoms. The van der Waals surface area contributed by atoms with E-state index in [0.29, 0.717) is 0 Å². The Morgan fingerprint density at radius 3 is 2.50 bits per heavy atom. The number of hydrogen-bond acceptors (Lipinski definition) is 5. The van der Waals surface area contributed by atoms with E-state index in [0.717, 1.165) is 5.56 Å². The molecular formula is C20H25N3O4S. The number of hydrogen-bond donors (Lipinski definition) is 2. The maximum Gasteiger partial charge on any atom is 0.270 e. The number of carbonyl (C=O) groups excluding carboxylic acids is 1. The molecule has 1 amide bonds. The maximum absolute atomic E-state index is 13.1. The summed E-state index contributed by atoms with van der Waals surface area (Å²) in [6.07, 6.45) is 0.606. The summed E-state index contributed by atoms with van der Waals surface area (Å²) < 4.78 is 27.6. The van der Waals surface area contributed by atoms with E-state index in [1.54, 1.807) is 56.3 Å². The van der Waals surface area contributed by atoms with Gasteiger partial charge in [0, 0.05) is 24.7 Å². The van der Waals surface area contributed by atoms with Gasteiger partial charge in [-0.25, -0.2) is 8.42 Å². The van der Waals surface area contributed by atoms with Crippen LogP contribution in [-0.2, 0) is 10.0 Å². The van der Waals surface area contributed by atoms with Gasteiger partial charge in [0.1, 0.15) is 5.69 Å². The zero-order chi connectivity index (χ0) is 20.5. The third-order valence-corrected chi connectivity index (χ3v) is 6.86. The predicted octanol–water partition coefficient (Wildman–Crippen LogP) is 1.58. The largest absolute Gasteiger partial charge is 0.390 e. The Balaban J connectivity index is 1.86. The monoisotopic (exact) mass is 403 g/mol. The third-order valence-electron chi connectivity index (χ3n) is 5.04. The fourth-order valence-electron chi connectivity index (χ4n) is 3.38. The fourth-order valence-corrected chi connectivity index (χ4v) is 5.02. The highest BCUT2D eigenvalue weighted by atomic mass is 32.2. The Labute approximate surface area is 165 Å². The van der Waals surface area contributed by atoms with Crippen LogP contribution in [0.4, 0.5) is 0 Å². The summed E-state index contributed by atoms with van der Waals surface area (Å²) in [4.78, 5) is 16.7. The van der Waals surface area contributed by atoms with Crippen molar-refractivity contribution in [2.45, 2.75) is 37.8 Å². The van der Waals surface area contributed by atoms with Gasteiger partial charge in [-0.05, 0) is 31.2 Å². The van der Waals surface area contributed by atoms with E-state index in [4.69, 9.17) is 0 Å². The fraction of sp³-hybridized carbons (Fsp3) is 0.400. The first kappa shape index (κ1) is 20.4. The summed E-state index contributed by atoms with van der Waals surface area (Å²) in [6, 6.07) is 10.8. The molecule has 1 aliphatic rings. The molecular weight excluding hydrogens is 378 g/mol. The van der Waals surface area contributed by atoms with E-state index in [1.165, 1.54) is 10.5 Å². The first-order valence-electron chi connectivity index (χ1n) is 9.08. The maximum atomic E-state index is 13.1. The summed E-state index contributed by atoms with van der Waals surface area (Å²) in [5.41, 5.74) is 0.442. The lowest BCUT2D eigenvalue weighted by molar-refractivity contribution is -0.0250. The van der Waals surface area contributed by atoms with Gasteiger partial charge in [-0.1, -0.05) is 37.6 Å². The second kappa shape index (κ2) is 7.62. The lowest BCUT2D eigenvalue weighted by Crippen LogP contribution is -2.63. The number of aliphatic hydroxyl groups is 1. The van der Waals surface area contributed by atoms with Gasteiger partial charge in [-0.15, -0.1) is 0 Å². The van der Waals surface area contributed by atoms with Crippen LogP contribution in [0.15, 0.2) is 53.6 Å². The summed E-state index contributed by atoms with van der Waals surface area (Å²) in [7, 11) is -3.75. The van der Waals surface area contributed by atoms with E-state index in [2.05, 4.69) is 10.3 Å². The van der Waals surface area contributed by atoms with Crippen molar-refractivity contribution in [3.05, 3.63) is 59.9 Å². The molecule has 8 heteroatoms. The van der Waals surface area contributed by atoms with E-state index < -0.39 is 33.5 Å². The molecule has 1 aromatic heterocycles. The number of rotatable bonds is 4. The van der Waals surface area contributed by atoms with Gasteiger partial charge < -0.3 is 10.4 Å². The Hall–Kier alpha value is -2.29. The van der Waals surface area contributed by atoms with Crippen LogP contribution in [-0.4, -0.2) is 54.0 Å². The Kier molecular flexibility index (Phi) is 5.56. The van der Waals surface area contributed by atoms with Crippen molar-refractivity contribution >= 4 is 15.9 Å². The second-order valence-corrected chi connectivity index (χ2v) is 9.78. The van der Waals surface area contributed by atoms with Gasteiger partial charge in [0.2, 0.25) is 10.0 Å². The molecule has 0 aliphatic carbocycles. The molecule has 0 radical (unpaired) electrons. The first-order chi connectivity index (χ1) is 13.1. The third kappa shape index (κ3) is 4.09. The minimum Gasteiger partial charge on any atom is -0.390 e. The number of benzene rings is 1. The molecule has 1 saturated heterocycles. The van der Waals surface area contributed by atoms with E-state index >= 15 is 0 Å². The number of sulfonamides is 1. The SMILES string of the molecule is Cc1ccc(S(=O)(=O)N2C[C@@H](NC(=O)c3ccccn3)[C@@H](O)C(C)(C)C2)cc1. The number of amides is 1. The number of piperidine rings is 1. The average molecular weight is 404 g/mol. The summed E-state index contributed by atoms with van der Waals surface area (Å²) in [5.74, 6) is -0.449. The zero-order valence-electron chi connectivity index (χ0n) is 16.2. The van der Waals surface area contributed by atoms with Gasteiger partial charge in [-0.2, -0.15) is 4.31 Å². The number of aryl methyl sites for hydroxylation is 1.